The molecule has 0 fully saturated rings. The predicted octanol–water partition coefficient (Wildman–Crippen LogP) is 2.94. The van der Waals surface area contributed by atoms with E-state index in [1.807, 2.05) is 17.8 Å². The quantitative estimate of drug-likeness (QED) is 0.648. The van der Waals surface area contributed by atoms with Crippen LogP contribution in [-0.2, 0) is 11.3 Å². The van der Waals surface area contributed by atoms with E-state index in [2.05, 4.69) is 35.8 Å². The number of hydrogen-bond acceptors (Lipinski definition) is 3. The molecule has 1 rings (SSSR count). The third kappa shape index (κ3) is 8.25. The maximum Gasteiger partial charge on any atom is 0.0478 e. The lowest BCUT2D eigenvalue weighted by atomic mass is 10.2. The fraction of sp³-hybridized carbons (Fsp3) is 0.571. The Hall–Kier alpha value is -0.510. The van der Waals surface area contributed by atoms with Gasteiger partial charge >= 0.3 is 0 Å². The van der Waals surface area contributed by atoms with Crippen molar-refractivity contribution in [2.75, 3.05) is 31.8 Å². The van der Waals surface area contributed by atoms with E-state index in [4.69, 9.17) is 4.74 Å². The monoisotopic (exact) mass is 253 g/mol. The Morgan fingerprint density at radius 3 is 2.65 bits per heavy atom. The topological polar surface area (TPSA) is 21.3 Å². The molecular weight excluding hydrogens is 230 g/mol. The maximum atomic E-state index is 5.53. The molecule has 0 radical (unpaired) electrons. The lowest BCUT2D eigenvalue weighted by molar-refractivity contribution is 0.133. The van der Waals surface area contributed by atoms with Gasteiger partial charge in [0.15, 0.2) is 0 Å². The molecule has 17 heavy (non-hydrogen) atoms. The first-order valence-electron chi connectivity index (χ1n) is 6.25. The molecule has 1 aromatic carbocycles. The molecule has 0 aliphatic carbocycles. The van der Waals surface area contributed by atoms with Crippen molar-refractivity contribution in [3.8, 4) is 0 Å². The van der Waals surface area contributed by atoms with Gasteiger partial charge in [-0.2, -0.15) is 11.8 Å². The summed E-state index contributed by atoms with van der Waals surface area (Å²) in [5.74, 6) is 1.20. The minimum absolute atomic E-state index is 0.871. The molecule has 0 saturated heterocycles. The van der Waals surface area contributed by atoms with Gasteiger partial charge < -0.3 is 10.1 Å². The van der Waals surface area contributed by atoms with Crippen molar-refractivity contribution in [3.05, 3.63) is 35.9 Å². The number of rotatable bonds is 10. The van der Waals surface area contributed by atoms with Crippen LogP contribution in [0.3, 0.4) is 0 Å². The summed E-state index contributed by atoms with van der Waals surface area (Å²) >= 11 is 1.88. The lowest BCUT2D eigenvalue weighted by Gasteiger charge is -2.05. The number of thioether (sulfide) groups is 1. The highest BCUT2D eigenvalue weighted by atomic mass is 32.2. The van der Waals surface area contributed by atoms with Gasteiger partial charge in [0.05, 0.1) is 0 Å². The maximum absolute atomic E-state index is 5.53. The number of nitrogens with one attached hydrogen (secondary N) is 1. The second-order valence-corrected chi connectivity index (χ2v) is 4.96. The molecule has 3 heteroatoms. The Balaban J connectivity index is 1.85. The molecule has 0 unspecified atom stereocenters. The van der Waals surface area contributed by atoms with E-state index in [-0.39, 0.29) is 0 Å². The molecule has 2 nitrogen and oxygen atoms in total. The van der Waals surface area contributed by atoms with Crippen LogP contribution in [0.15, 0.2) is 30.3 Å². The molecule has 1 aromatic rings. The first kappa shape index (κ1) is 14.6. The Bertz CT molecular complexity index is 266. The summed E-state index contributed by atoms with van der Waals surface area (Å²) in [6.45, 7) is 3.75. The first-order valence-corrected chi connectivity index (χ1v) is 7.64. The van der Waals surface area contributed by atoms with Crippen LogP contribution in [-0.4, -0.2) is 31.8 Å². The molecule has 96 valence electrons. The minimum atomic E-state index is 0.871. The number of benzene rings is 1. The number of hydrogen-bond donors (Lipinski definition) is 1. The van der Waals surface area contributed by atoms with Gasteiger partial charge in [0, 0.05) is 19.8 Å². The van der Waals surface area contributed by atoms with Crippen LogP contribution in [0.1, 0.15) is 18.4 Å². The summed E-state index contributed by atoms with van der Waals surface area (Å²) in [4.78, 5) is 0. The third-order valence-corrected chi connectivity index (χ3v) is 3.15. The molecule has 0 saturated carbocycles. The number of ether oxygens (including phenoxy) is 1. The van der Waals surface area contributed by atoms with E-state index in [1.165, 1.54) is 17.7 Å². The highest BCUT2D eigenvalue weighted by molar-refractivity contribution is 7.98. The summed E-state index contributed by atoms with van der Waals surface area (Å²) < 4.78 is 5.53. The second-order valence-electron chi connectivity index (χ2n) is 3.97. The molecule has 0 aliphatic heterocycles. The Kier molecular flexibility index (Phi) is 9.10. The molecule has 0 amide bonds. The molecule has 0 atom stereocenters. The van der Waals surface area contributed by atoms with Gasteiger partial charge in [0.1, 0.15) is 0 Å². The second kappa shape index (κ2) is 10.6. The van der Waals surface area contributed by atoms with Crippen LogP contribution in [0.5, 0.6) is 0 Å². The van der Waals surface area contributed by atoms with Gasteiger partial charge in [0.2, 0.25) is 0 Å². The van der Waals surface area contributed by atoms with Crippen molar-refractivity contribution in [1.29, 1.82) is 0 Å². The van der Waals surface area contributed by atoms with Crippen molar-refractivity contribution in [3.63, 3.8) is 0 Å². The van der Waals surface area contributed by atoms with Gasteiger partial charge in [0.25, 0.3) is 0 Å². The predicted molar refractivity (Wildman–Crippen MR) is 76.6 cm³/mol. The van der Waals surface area contributed by atoms with Gasteiger partial charge in [-0.3, -0.25) is 0 Å². The summed E-state index contributed by atoms with van der Waals surface area (Å²) in [6, 6.07) is 10.5. The van der Waals surface area contributed by atoms with Crippen LogP contribution in [0.2, 0.25) is 0 Å². The van der Waals surface area contributed by atoms with E-state index in [1.54, 1.807) is 0 Å². The van der Waals surface area contributed by atoms with Gasteiger partial charge in [-0.05, 0) is 37.0 Å². The highest BCUT2D eigenvalue weighted by Crippen LogP contribution is 1.97. The molecule has 0 spiro atoms. The summed E-state index contributed by atoms with van der Waals surface area (Å²) in [5, 5.41) is 3.42. The van der Waals surface area contributed by atoms with Crippen molar-refractivity contribution in [2.45, 2.75) is 19.4 Å². The smallest absolute Gasteiger partial charge is 0.0478 e. The van der Waals surface area contributed by atoms with Crippen LogP contribution < -0.4 is 5.32 Å². The average Bonchev–Trinajstić information content (AvgIpc) is 2.38. The van der Waals surface area contributed by atoms with Gasteiger partial charge in [-0.15, -0.1) is 0 Å². The van der Waals surface area contributed by atoms with Crippen LogP contribution in [0, 0.1) is 0 Å². The minimum Gasteiger partial charge on any atom is -0.381 e. The largest absolute Gasteiger partial charge is 0.381 e. The fourth-order valence-electron chi connectivity index (χ4n) is 1.54. The zero-order chi connectivity index (χ0) is 12.2. The Labute approximate surface area is 109 Å². The van der Waals surface area contributed by atoms with Crippen LogP contribution >= 0.6 is 11.8 Å². The van der Waals surface area contributed by atoms with Crippen molar-refractivity contribution >= 4 is 11.8 Å². The van der Waals surface area contributed by atoms with E-state index in [0.29, 0.717) is 0 Å². The summed E-state index contributed by atoms with van der Waals surface area (Å²) in [7, 11) is 0. The molecule has 1 N–H and O–H groups in total. The van der Waals surface area contributed by atoms with E-state index in [9.17, 15) is 0 Å². The molecular formula is C14H23NOS. The highest BCUT2D eigenvalue weighted by Gasteiger charge is 1.92. The Morgan fingerprint density at radius 2 is 1.88 bits per heavy atom. The van der Waals surface area contributed by atoms with Crippen molar-refractivity contribution < 1.29 is 4.74 Å². The van der Waals surface area contributed by atoms with Crippen molar-refractivity contribution in [1.82, 2.24) is 5.32 Å². The zero-order valence-corrected chi connectivity index (χ0v) is 11.5. The van der Waals surface area contributed by atoms with Crippen molar-refractivity contribution in [2.24, 2.45) is 0 Å². The molecule has 0 bridgehead atoms. The first-order chi connectivity index (χ1) is 8.43. The third-order valence-electron chi connectivity index (χ3n) is 2.45. The zero-order valence-electron chi connectivity index (χ0n) is 10.7. The van der Waals surface area contributed by atoms with Crippen LogP contribution in [0.4, 0.5) is 0 Å². The van der Waals surface area contributed by atoms with Crippen LogP contribution in [0.25, 0.3) is 0 Å². The van der Waals surface area contributed by atoms with Gasteiger partial charge in [-0.1, -0.05) is 30.3 Å². The molecule has 0 aliphatic rings. The standard InChI is InChI=1S/C14H23NOS/c1-17-12-6-11-16-10-5-9-15-13-14-7-3-2-4-8-14/h2-4,7-8,15H,5-6,9-13H2,1H3. The van der Waals surface area contributed by atoms with E-state index < -0.39 is 0 Å². The molecule has 0 heterocycles. The Morgan fingerprint density at radius 1 is 1.12 bits per heavy atom. The fourth-order valence-corrected chi connectivity index (χ4v) is 1.94. The summed E-state index contributed by atoms with van der Waals surface area (Å²) in [5.41, 5.74) is 1.34. The molecule has 0 aromatic heterocycles. The van der Waals surface area contributed by atoms with Gasteiger partial charge in [-0.25, -0.2) is 0 Å². The normalized spacial score (nSPS) is 10.6. The average molecular weight is 253 g/mol. The van der Waals surface area contributed by atoms with E-state index in [0.717, 1.165) is 32.7 Å². The summed E-state index contributed by atoms with van der Waals surface area (Å²) in [6.07, 6.45) is 4.39. The van der Waals surface area contributed by atoms with E-state index >= 15 is 0 Å². The lowest BCUT2D eigenvalue weighted by Crippen LogP contribution is -2.16. The SMILES string of the molecule is CSCCCOCCCNCc1ccccc1.